The molecule has 0 heterocycles. The molecule has 0 aromatic carbocycles. The first-order valence-electron chi connectivity index (χ1n) is 4.05. The molecule has 0 saturated carbocycles. The summed E-state index contributed by atoms with van der Waals surface area (Å²) in [6, 6.07) is 0. The van der Waals surface area contributed by atoms with E-state index < -0.39 is 0 Å². The molecule has 4 nitrogen and oxygen atoms in total. The third-order valence-electron chi connectivity index (χ3n) is 1.02. The molecular weight excluding hydrogens is 208 g/mol. The van der Waals surface area contributed by atoms with E-state index in [2.05, 4.69) is 13.8 Å². The molecule has 5 heteroatoms. The Balaban J connectivity index is -0.0000000267. The number of rotatable bonds is 4. The van der Waals surface area contributed by atoms with E-state index in [9.17, 15) is 0 Å². The van der Waals surface area contributed by atoms with Crippen molar-refractivity contribution in [2.75, 3.05) is 13.2 Å². The summed E-state index contributed by atoms with van der Waals surface area (Å²) in [4.78, 5) is 0. The van der Waals surface area contributed by atoms with Gasteiger partial charge in [0.1, 0.15) is 0 Å². The van der Waals surface area contributed by atoms with Crippen molar-refractivity contribution in [1.82, 2.24) is 0 Å². The van der Waals surface area contributed by atoms with E-state index in [1.54, 1.807) is 0 Å². The SMILES string of the molecule is CCCCO.CCCCO.O.O.[Ti]. The van der Waals surface area contributed by atoms with Crippen LogP contribution >= 0.6 is 0 Å². The molecule has 0 bridgehead atoms. The largest absolute Gasteiger partial charge is 0.412 e. The zero-order valence-electron chi connectivity index (χ0n) is 8.64. The van der Waals surface area contributed by atoms with Crippen LogP contribution < -0.4 is 0 Å². The predicted octanol–water partition coefficient (Wildman–Crippen LogP) is -0.0943. The quantitative estimate of drug-likeness (QED) is 0.661. The van der Waals surface area contributed by atoms with Crippen LogP contribution in [0.3, 0.4) is 0 Å². The van der Waals surface area contributed by atoms with Gasteiger partial charge in [0.25, 0.3) is 0 Å². The molecule has 0 aliphatic heterocycles. The van der Waals surface area contributed by atoms with E-state index in [0.717, 1.165) is 25.7 Å². The molecule has 0 amide bonds. The molecule has 0 spiro atoms. The Kier molecular flexibility index (Phi) is 87.6. The molecule has 0 saturated heterocycles. The minimum absolute atomic E-state index is 0. The van der Waals surface area contributed by atoms with E-state index in [1.807, 2.05) is 0 Å². The zero-order valence-corrected chi connectivity index (χ0v) is 10.2. The van der Waals surface area contributed by atoms with Gasteiger partial charge >= 0.3 is 0 Å². The number of aliphatic hydroxyl groups excluding tert-OH is 2. The summed E-state index contributed by atoms with van der Waals surface area (Å²) < 4.78 is 0. The minimum atomic E-state index is 0. The molecule has 0 aliphatic carbocycles. The summed E-state index contributed by atoms with van der Waals surface area (Å²) in [5.41, 5.74) is 0. The van der Waals surface area contributed by atoms with E-state index >= 15 is 0 Å². The molecule has 6 N–H and O–H groups in total. The average Bonchev–Trinajstić information content (AvgIpc) is 1.93. The van der Waals surface area contributed by atoms with Gasteiger partial charge < -0.3 is 21.2 Å². The van der Waals surface area contributed by atoms with Crippen LogP contribution in [0.25, 0.3) is 0 Å². The number of hydrogen-bond acceptors (Lipinski definition) is 2. The van der Waals surface area contributed by atoms with Crippen LogP contribution in [-0.4, -0.2) is 34.4 Å². The first-order valence-corrected chi connectivity index (χ1v) is 4.05. The summed E-state index contributed by atoms with van der Waals surface area (Å²) >= 11 is 0. The van der Waals surface area contributed by atoms with Gasteiger partial charge in [-0.2, -0.15) is 0 Å². The summed E-state index contributed by atoms with van der Waals surface area (Å²) in [5.74, 6) is 0. The second kappa shape index (κ2) is 39.0. The summed E-state index contributed by atoms with van der Waals surface area (Å²) in [6.45, 7) is 4.79. The Bertz CT molecular complexity index is 37.1. The molecule has 0 atom stereocenters. The fourth-order valence-electron chi connectivity index (χ4n) is 0.316. The Morgan fingerprint density at radius 3 is 1.00 bits per heavy atom. The molecule has 84 valence electrons. The fraction of sp³-hybridized carbons (Fsp3) is 1.00. The second-order valence-electron chi connectivity index (χ2n) is 2.15. The van der Waals surface area contributed by atoms with E-state index in [-0.39, 0.29) is 32.7 Å². The van der Waals surface area contributed by atoms with Crippen molar-refractivity contribution in [3.05, 3.63) is 0 Å². The van der Waals surface area contributed by atoms with Crippen molar-refractivity contribution in [2.45, 2.75) is 39.5 Å². The topological polar surface area (TPSA) is 103 Å². The number of hydrogen-bond donors (Lipinski definition) is 2. The molecule has 0 radical (unpaired) electrons. The van der Waals surface area contributed by atoms with Gasteiger partial charge in [-0.15, -0.1) is 0 Å². The maximum atomic E-state index is 8.07. The van der Waals surface area contributed by atoms with Gasteiger partial charge in [0.05, 0.1) is 0 Å². The molecule has 0 unspecified atom stereocenters. The Morgan fingerprint density at radius 2 is 1.00 bits per heavy atom. The predicted molar refractivity (Wildman–Crippen MR) is 51.2 cm³/mol. The van der Waals surface area contributed by atoms with Gasteiger partial charge in [0.2, 0.25) is 0 Å². The third kappa shape index (κ3) is 67.4. The molecule has 0 rings (SSSR count). The van der Waals surface area contributed by atoms with Crippen molar-refractivity contribution in [2.24, 2.45) is 0 Å². The second-order valence-corrected chi connectivity index (χ2v) is 2.15. The first-order chi connectivity index (χ1) is 4.83. The monoisotopic (exact) mass is 232 g/mol. The van der Waals surface area contributed by atoms with Crippen molar-refractivity contribution < 1.29 is 42.9 Å². The molecule has 0 aromatic rings. The molecule has 0 fully saturated rings. The minimum Gasteiger partial charge on any atom is -0.412 e. The molecular formula is C8H24O4Ti. The summed E-state index contributed by atoms with van der Waals surface area (Å²) in [5, 5.41) is 16.1. The number of unbranched alkanes of at least 4 members (excludes halogenated alkanes) is 2. The van der Waals surface area contributed by atoms with Gasteiger partial charge in [-0.25, -0.2) is 0 Å². The van der Waals surface area contributed by atoms with Gasteiger partial charge in [-0.1, -0.05) is 26.7 Å². The van der Waals surface area contributed by atoms with E-state index in [1.165, 1.54) is 0 Å². The Hall–Kier alpha value is 0.554. The van der Waals surface area contributed by atoms with Gasteiger partial charge in [-0.05, 0) is 12.8 Å². The van der Waals surface area contributed by atoms with Crippen molar-refractivity contribution in [3.63, 3.8) is 0 Å². The van der Waals surface area contributed by atoms with Gasteiger partial charge in [0.15, 0.2) is 0 Å². The standard InChI is InChI=1S/2C4H10O.2H2O.Ti/c2*1-2-3-4-5;;;/h2*5H,2-4H2,1H3;2*1H2;. The Labute approximate surface area is 95.9 Å². The average molecular weight is 232 g/mol. The van der Waals surface area contributed by atoms with Crippen molar-refractivity contribution in [3.8, 4) is 0 Å². The third-order valence-corrected chi connectivity index (χ3v) is 1.02. The molecule has 13 heavy (non-hydrogen) atoms. The van der Waals surface area contributed by atoms with E-state index in [4.69, 9.17) is 10.2 Å². The maximum absolute atomic E-state index is 8.07. The van der Waals surface area contributed by atoms with Crippen LogP contribution in [0.1, 0.15) is 39.5 Å². The molecule has 0 aromatic heterocycles. The zero-order chi connectivity index (χ0) is 8.24. The van der Waals surface area contributed by atoms with Gasteiger partial charge in [-0.3, -0.25) is 0 Å². The van der Waals surface area contributed by atoms with Crippen LogP contribution in [0, 0.1) is 0 Å². The van der Waals surface area contributed by atoms with Crippen molar-refractivity contribution >= 4 is 0 Å². The number of aliphatic hydroxyl groups is 2. The first kappa shape index (κ1) is 29.2. The summed E-state index contributed by atoms with van der Waals surface area (Å²) in [7, 11) is 0. The van der Waals surface area contributed by atoms with E-state index in [0.29, 0.717) is 13.2 Å². The maximum Gasteiger partial charge on any atom is 0.0430 e. The normalized spacial score (nSPS) is 6.46. The molecule has 0 aliphatic rings. The van der Waals surface area contributed by atoms with Crippen molar-refractivity contribution in [1.29, 1.82) is 0 Å². The smallest absolute Gasteiger partial charge is 0.0430 e. The van der Waals surface area contributed by atoms with Crippen LogP contribution in [0.2, 0.25) is 0 Å². The fourth-order valence-corrected chi connectivity index (χ4v) is 0.316. The van der Waals surface area contributed by atoms with Crippen LogP contribution in [0.15, 0.2) is 0 Å². The summed E-state index contributed by atoms with van der Waals surface area (Å²) in [6.07, 6.45) is 4.08. The Morgan fingerprint density at radius 1 is 0.769 bits per heavy atom. The van der Waals surface area contributed by atoms with Crippen LogP contribution in [-0.2, 0) is 21.7 Å². The van der Waals surface area contributed by atoms with Gasteiger partial charge in [0, 0.05) is 34.9 Å². The van der Waals surface area contributed by atoms with Crippen LogP contribution in [0.4, 0.5) is 0 Å². The van der Waals surface area contributed by atoms with Crippen LogP contribution in [0.5, 0.6) is 0 Å².